The highest BCUT2D eigenvalue weighted by Gasteiger charge is 2.36. The molecule has 7 heteroatoms. The highest BCUT2D eigenvalue weighted by Crippen LogP contribution is 2.31. The fraction of sp³-hybridized carbons (Fsp3) is 0.750. The molecule has 0 amide bonds. The summed E-state index contributed by atoms with van der Waals surface area (Å²) in [5, 5.41) is 2.92. The number of nitrogens with zero attached hydrogens (tertiary/aromatic N) is 3. The summed E-state index contributed by atoms with van der Waals surface area (Å²) in [4.78, 5) is 8.70. The second-order valence-electron chi connectivity index (χ2n) is 6.62. The van der Waals surface area contributed by atoms with Gasteiger partial charge in [-0.05, 0) is 38.0 Å². The number of hydrogen-bond donors (Lipinski definition) is 1. The SMILES string of the molecule is CNc1nccnc1C[C@@H]1CCCN(S(=O)(=O)C2CCCC2)C1. The average Bonchev–Trinajstić information content (AvgIpc) is 3.11. The minimum Gasteiger partial charge on any atom is -0.372 e. The first-order valence-corrected chi connectivity index (χ1v) is 10.1. The van der Waals surface area contributed by atoms with Crippen LogP contribution in [-0.2, 0) is 16.4 Å². The van der Waals surface area contributed by atoms with E-state index in [1.807, 2.05) is 7.05 Å². The van der Waals surface area contributed by atoms with Crippen LogP contribution in [0.15, 0.2) is 12.4 Å². The molecule has 6 nitrogen and oxygen atoms in total. The molecular formula is C16H26N4O2S. The fourth-order valence-electron chi connectivity index (χ4n) is 3.82. The highest BCUT2D eigenvalue weighted by atomic mass is 32.2. The van der Waals surface area contributed by atoms with Gasteiger partial charge in [0.15, 0.2) is 0 Å². The molecule has 0 unspecified atom stereocenters. The number of anilines is 1. The standard InChI is InChI=1S/C16H26N4O2S/c1-17-16-15(18-8-9-19-16)11-13-5-4-10-20(12-13)23(21,22)14-6-2-3-7-14/h8-9,13-14H,2-7,10-12H2,1H3,(H,17,19)/t13-/m0/s1. The molecule has 2 heterocycles. The van der Waals surface area contributed by atoms with Crippen molar-refractivity contribution >= 4 is 15.8 Å². The van der Waals surface area contributed by atoms with Gasteiger partial charge in [0.2, 0.25) is 10.0 Å². The summed E-state index contributed by atoms with van der Waals surface area (Å²) in [5.74, 6) is 1.12. The summed E-state index contributed by atoms with van der Waals surface area (Å²) in [7, 11) is -1.28. The third-order valence-electron chi connectivity index (χ3n) is 5.06. The van der Waals surface area contributed by atoms with Crippen LogP contribution in [0.3, 0.4) is 0 Å². The molecule has 1 N–H and O–H groups in total. The summed E-state index contributed by atoms with van der Waals surface area (Å²) in [6.45, 7) is 1.30. The fourth-order valence-corrected chi connectivity index (χ4v) is 5.97. The third-order valence-corrected chi connectivity index (χ3v) is 7.42. The molecule has 1 aliphatic carbocycles. The Labute approximate surface area is 138 Å². The summed E-state index contributed by atoms with van der Waals surface area (Å²) < 4.78 is 27.3. The van der Waals surface area contributed by atoms with Crippen molar-refractivity contribution in [1.82, 2.24) is 14.3 Å². The highest BCUT2D eigenvalue weighted by molar-refractivity contribution is 7.89. The van der Waals surface area contributed by atoms with Crippen LogP contribution < -0.4 is 5.32 Å². The molecule has 1 atom stereocenters. The number of hydrogen-bond acceptors (Lipinski definition) is 5. The molecule has 2 aliphatic rings. The summed E-state index contributed by atoms with van der Waals surface area (Å²) in [6.07, 6.45) is 9.90. The van der Waals surface area contributed by atoms with Gasteiger partial charge in [0.25, 0.3) is 0 Å². The largest absolute Gasteiger partial charge is 0.372 e. The molecule has 0 bridgehead atoms. The van der Waals surface area contributed by atoms with E-state index in [1.54, 1.807) is 16.7 Å². The van der Waals surface area contributed by atoms with Crippen LogP contribution in [0.2, 0.25) is 0 Å². The average molecular weight is 338 g/mol. The second-order valence-corrected chi connectivity index (χ2v) is 8.84. The van der Waals surface area contributed by atoms with Gasteiger partial charge in [-0.2, -0.15) is 0 Å². The zero-order valence-electron chi connectivity index (χ0n) is 13.7. The zero-order chi connectivity index (χ0) is 16.3. The van der Waals surface area contributed by atoms with Gasteiger partial charge in [-0.25, -0.2) is 17.7 Å². The monoisotopic (exact) mass is 338 g/mol. The van der Waals surface area contributed by atoms with Gasteiger partial charge in [0, 0.05) is 32.5 Å². The summed E-state index contributed by atoms with van der Waals surface area (Å²) in [5.41, 5.74) is 0.931. The second kappa shape index (κ2) is 7.13. The predicted molar refractivity (Wildman–Crippen MR) is 90.8 cm³/mol. The molecule has 3 rings (SSSR count). The van der Waals surface area contributed by atoms with Gasteiger partial charge in [-0.3, -0.25) is 4.98 Å². The lowest BCUT2D eigenvalue weighted by Gasteiger charge is -2.33. The van der Waals surface area contributed by atoms with Crippen LogP contribution in [0.4, 0.5) is 5.82 Å². The van der Waals surface area contributed by atoms with Crippen molar-refractivity contribution in [1.29, 1.82) is 0 Å². The first-order chi connectivity index (χ1) is 11.1. The van der Waals surface area contributed by atoms with Crippen LogP contribution in [0.1, 0.15) is 44.2 Å². The van der Waals surface area contributed by atoms with Gasteiger partial charge in [-0.1, -0.05) is 12.8 Å². The maximum Gasteiger partial charge on any atom is 0.216 e. The Balaban J connectivity index is 1.68. The van der Waals surface area contributed by atoms with E-state index in [0.717, 1.165) is 56.5 Å². The van der Waals surface area contributed by atoms with Crippen LogP contribution in [0.5, 0.6) is 0 Å². The van der Waals surface area contributed by atoms with Crippen LogP contribution >= 0.6 is 0 Å². The smallest absolute Gasteiger partial charge is 0.216 e. The molecule has 0 aromatic carbocycles. The lowest BCUT2D eigenvalue weighted by atomic mass is 9.94. The Morgan fingerprint density at radius 2 is 1.91 bits per heavy atom. The molecule has 128 valence electrons. The van der Waals surface area contributed by atoms with Gasteiger partial charge in [-0.15, -0.1) is 0 Å². The number of aromatic nitrogens is 2. The Morgan fingerprint density at radius 1 is 1.17 bits per heavy atom. The molecule has 23 heavy (non-hydrogen) atoms. The first-order valence-electron chi connectivity index (χ1n) is 8.58. The first kappa shape index (κ1) is 16.6. The molecule has 1 saturated carbocycles. The van der Waals surface area contributed by atoms with Crippen molar-refractivity contribution in [3.63, 3.8) is 0 Å². The van der Waals surface area contributed by atoms with Crippen molar-refractivity contribution in [3.05, 3.63) is 18.1 Å². The van der Waals surface area contributed by atoms with Crippen molar-refractivity contribution in [2.24, 2.45) is 5.92 Å². The van der Waals surface area contributed by atoms with E-state index in [9.17, 15) is 8.42 Å². The molecule has 0 radical (unpaired) electrons. The van der Waals surface area contributed by atoms with Crippen LogP contribution in [0.25, 0.3) is 0 Å². The summed E-state index contributed by atoms with van der Waals surface area (Å²) >= 11 is 0. The van der Waals surface area contributed by atoms with Gasteiger partial charge in [0.05, 0.1) is 10.9 Å². The van der Waals surface area contributed by atoms with Crippen molar-refractivity contribution in [2.75, 3.05) is 25.5 Å². The molecule has 1 aromatic rings. The van der Waals surface area contributed by atoms with Gasteiger partial charge >= 0.3 is 0 Å². The number of rotatable bonds is 5. The minimum atomic E-state index is -3.12. The Kier molecular flexibility index (Phi) is 5.16. The maximum absolute atomic E-state index is 12.8. The van der Waals surface area contributed by atoms with E-state index >= 15 is 0 Å². The molecule has 0 spiro atoms. The zero-order valence-corrected chi connectivity index (χ0v) is 14.6. The quantitative estimate of drug-likeness (QED) is 0.889. The van der Waals surface area contributed by atoms with E-state index in [-0.39, 0.29) is 5.25 Å². The number of nitrogens with one attached hydrogen (secondary N) is 1. The Morgan fingerprint density at radius 3 is 2.65 bits per heavy atom. The normalized spacial score (nSPS) is 24.0. The topological polar surface area (TPSA) is 75.2 Å². The lowest BCUT2D eigenvalue weighted by molar-refractivity contribution is 0.262. The lowest BCUT2D eigenvalue weighted by Crippen LogP contribution is -2.44. The van der Waals surface area contributed by atoms with E-state index in [0.29, 0.717) is 19.0 Å². The van der Waals surface area contributed by atoms with E-state index in [1.165, 1.54) is 0 Å². The van der Waals surface area contributed by atoms with Gasteiger partial charge in [0.1, 0.15) is 5.82 Å². The minimum absolute atomic E-state index is 0.148. The third kappa shape index (κ3) is 3.66. The maximum atomic E-state index is 12.8. The van der Waals surface area contributed by atoms with E-state index < -0.39 is 10.0 Å². The number of piperidine rings is 1. The predicted octanol–water partition coefficient (Wildman–Crippen LogP) is 2.05. The van der Waals surface area contributed by atoms with E-state index in [2.05, 4.69) is 15.3 Å². The van der Waals surface area contributed by atoms with Crippen molar-refractivity contribution in [3.8, 4) is 0 Å². The van der Waals surface area contributed by atoms with Crippen LogP contribution in [-0.4, -0.2) is 48.1 Å². The molecule has 1 aromatic heterocycles. The van der Waals surface area contributed by atoms with Crippen LogP contribution in [0, 0.1) is 5.92 Å². The molecule has 1 saturated heterocycles. The van der Waals surface area contributed by atoms with E-state index in [4.69, 9.17) is 0 Å². The molecular weight excluding hydrogens is 312 g/mol. The Bertz CT molecular complexity index is 629. The van der Waals surface area contributed by atoms with Crippen molar-refractivity contribution in [2.45, 2.75) is 50.2 Å². The van der Waals surface area contributed by atoms with Gasteiger partial charge < -0.3 is 5.32 Å². The molecule has 2 fully saturated rings. The number of sulfonamides is 1. The molecule has 1 aliphatic heterocycles. The van der Waals surface area contributed by atoms with Crippen molar-refractivity contribution < 1.29 is 8.42 Å². The Hall–Kier alpha value is -1.21. The summed E-state index contributed by atoms with van der Waals surface area (Å²) in [6, 6.07) is 0.